The average molecular weight is 420 g/mol. The van der Waals surface area contributed by atoms with Crippen molar-refractivity contribution in [3.63, 3.8) is 0 Å². The molecule has 158 valence electrons. The van der Waals surface area contributed by atoms with E-state index in [4.69, 9.17) is 18.9 Å². The highest BCUT2D eigenvalue weighted by molar-refractivity contribution is 6.05. The Morgan fingerprint density at radius 1 is 1.16 bits per heavy atom. The number of ether oxygens (including phenoxy) is 4. The van der Waals surface area contributed by atoms with Gasteiger partial charge in [-0.15, -0.1) is 0 Å². The molecule has 0 aromatic heterocycles. The molecule has 0 aliphatic carbocycles. The standard InChI is InChI=1S/C23H20N2O6/c1-28-15-5-2-13(3-6-15)24-21(26)19-17-8-9-23(31-17)11-25(22(27)20(19)23)14-4-7-16-18(10-14)30-12-29-16/h2-10,17,19-20H,11-12H2,1H3,(H,24,26)/t17-,19-,20-,23+/m1/s1. The van der Waals surface area contributed by atoms with Gasteiger partial charge in [0.15, 0.2) is 11.5 Å². The Labute approximate surface area is 178 Å². The first-order valence-electron chi connectivity index (χ1n) is 10.1. The van der Waals surface area contributed by atoms with E-state index in [0.29, 0.717) is 35.2 Å². The maximum atomic E-state index is 13.5. The van der Waals surface area contributed by atoms with Crippen LogP contribution in [0, 0.1) is 11.8 Å². The van der Waals surface area contributed by atoms with E-state index < -0.39 is 23.5 Å². The van der Waals surface area contributed by atoms with Gasteiger partial charge >= 0.3 is 0 Å². The number of hydrogen-bond donors (Lipinski definition) is 1. The number of amides is 2. The zero-order valence-electron chi connectivity index (χ0n) is 16.7. The normalized spacial score (nSPS) is 29.4. The smallest absolute Gasteiger partial charge is 0.234 e. The third-order valence-electron chi connectivity index (χ3n) is 6.43. The number of nitrogens with one attached hydrogen (secondary N) is 1. The number of methoxy groups -OCH3 is 1. The molecule has 8 nitrogen and oxygen atoms in total. The molecule has 0 saturated carbocycles. The minimum atomic E-state index is -0.792. The second kappa shape index (κ2) is 6.49. The summed E-state index contributed by atoms with van der Waals surface area (Å²) in [5, 5.41) is 2.92. The molecule has 6 rings (SSSR count). The fraction of sp³-hybridized carbons (Fsp3) is 0.304. The highest BCUT2D eigenvalue weighted by Crippen LogP contribution is 2.53. The number of anilines is 2. The van der Waals surface area contributed by atoms with Crippen LogP contribution in [0.5, 0.6) is 17.2 Å². The molecule has 2 aromatic rings. The third kappa shape index (κ3) is 2.64. The maximum absolute atomic E-state index is 13.5. The summed E-state index contributed by atoms with van der Waals surface area (Å²) in [6.45, 7) is 0.524. The van der Waals surface area contributed by atoms with E-state index in [-0.39, 0.29) is 18.6 Å². The van der Waals surface area contributed by atoms with Crippen molar-refractivity contribution in [1.29, 1.82) is 0 Å². The summed E-state index contributed by atoms with van der Waals surface area (Å²) in [6, 6.07) is 12.5. The van der Waals surface area contributed by atoms with Gasteiger partial charge in [0.25, 0.3) is 0 Å². The minimum Gasteiger partial charge on any atom is -0.497 e. The van der Waals surface area contributed by atoms with E-state index >= 15 is 0 Å². The zero-order valence-corrected chi connectivity index (χ0v) is 16.7. The van der Waals surface area contributed by atoms with Gasteiger partial charge in [0.2, 0.25) is 18.6 Å². The highest BCUT2D eigenvalue weighted by atomic mass is 16.7. The maximum Gasteiger partial charge on any atom is 0.234 e. The van der Waals surface area contributed by atoms with Crippen LogP contribution in [0.3, 0.4) is 0 Å². The Morgan fingerprint density at radius 2 is 1.97 bits per heavy atom. The number of fused-ring (bicyclic) bond motifs is 2. The van der Waals surface area contributed by atoms with E-state index in [2.05, 4.69) is 5.32 Å². The second-order valence-corrected chi connectivity index (χ2v) is 8.08. The molecule has 1 N–H and O–H groups in total. The molecular weight excluding hydrogens is 400 g/mol. The molecule has 1 spiro atoms. The van der Waals surface area contributed by atoms with Gasteiger partial charge < -0.3 is 29.2 Å². The molecule has 2 amide bonds. The number of benzene rings is 2. The predicted molar refractivity (Wildman–Crippen MR) is 110 cm³/mol. The van der Waals surface area contributed by atoms with E-state index in [1.54, 1.807) is 48.4 Å². The monoisotopic (exact) mass is 420 g/mol. The summed E-state index contributed by atoms with van der Waals surface area (Å²) >= 11 is 0. The molecule has 2 fully saturated rings. The van der Waals surface area contributed by atoms with Crippen LogP contribution >= 0.6 is 0 Å². The van der Waals surface area contributed by atoms with Crippen LogP contribution in [0.25, 0.3) is 0 Å². The molecule has 0 radical (unpaired) electrons. The lowest BCUT2D eigenvalue weighted by atomic mass is 9.77. The Morgan fingerprint density at radius 3 is 2.77 bits per heavy atom. The van der Waals surface area contributed by atoms with Crippen LogP contribution in [-0.2, 0) is 14.3 Å². The van der Waals surface area contributed by atoms with Gasteiger partial charge in [0.1, 0.15) is 11.4 Å². The van der Waals surface area contributed by atoms with Gasteiger partial charge in [-0.1, -0.05) is 12.2 Å². The zero-order chi connectivity index (χ0) is 21.2. The van der Waals surface area contributed by atoms with E-state index in [1.807, 2.05) is 18.2 Å². The quantitative estimate of drug-likeness (QED) is 0.765. The van der Waals surface area contributed by atoms with E-state index in [1.165, 1.54) is 0 Å². The molecule has 0 unspecified atom stereocenters. The first-order chi connectivity index (χ1) is 15.1. The van der Waals surface area contributed by atoms with E-state index in [0.717, 1.165) is 0 Å². The van der Waals surface area contributed by atoms with Crippen LogP contribution in [-0.4, -0.2) is 44.0 Å². The van der Waals surface area contributed by atoms with Crippen molar-refractivity contribution < 1.29 is 28.5 Å². The molecule has 2 saturated heterocycles. The first-order valence-corrected chi connectivity index (χ1v) is 10.1. The topological polar surface area (TPSA) is 86.3 Å². The van der Waals surface area contributed by atoms with Crippen molar-refractivity contribution in [2.24, 2.45) is 11.8 Å². The number of carbonyl (C=O) groups is 2. The van der Waals surface area contributed by atoms with E-state index in [9.17, 15) is 9.59 Å². The van der Waals surface area contributed by atoms with Gasteiger partial charge in [-0.25, -0.2) is 0 Å². The number of nitrogens with zero attached hydrogens (tertiary/aromatic N) is 1. The predicted octanol–water partition coefficient (Wildman–Crippen LogP) is 2.35. The van der Waals surface area contributed by atoms with Crippen molar-refractivity contribution in [2.75, 3.05) is 30.7 Å². The van der Waals surface area contributed by atoms with Crippen LogP contribution in [0.2, 0.25) is 0 Å². The van der Waals surface area contributed by atoms with Crippen LogP contribution in [0.4, 0.5) is 11.4 Å². The molecule has 2 bridgehead atoms. The summed E-state index contributed by atoms with van der Waals surface area (Å²) in [5.41, 5.74) is 0.553. The molecule has 4 atom stereocenters. The molecule has 2 aromatic carbocycles. The number of hydrogen-bond acceptors (Lipinski definition) is 6. The fourth-order valence-corrected chi connectivity index (χ4v) is 4.97. The molecule has 4 aliphatic heterocycles. The molecule has 4 aliphatic rings. The average Bonchev–Trinajstić information content (AvgIpc) is 3.54. The van der Waals surface area contributed by atoms with Gasteiger partial charge in [-0.2, -0.15) is 0 Å². The lowest BCUT2D eigenvalue weighted by Gasteiger charge is -2.23. The lowest BCUT2D eigenvalue weighted by Crippen LogP contribution is -2.41. The van der Waals surface area contributed by atoms with Gasteiger partial charge in [-0.05, 0) is 36.4 Å². The van der Waals surface area contributed by atoms with Crippen molar-refractivity contribution in [3.05, 3.63) is 54.6 Å². The van der Waals surface area contributed by atoms with Crippen molar-refractivity contribution in [3.8, 4) is 17.2 Å². The van der Waals surface area contributed by atoms with Crippen molar-refractivity contribution >= 4 is 23.2 Å². The van der Waals surface area contributed by atoms with Gasteiger partial charge in [0, 0.05) is 17.4 Å². The second-order valence-electron chi connectivity index (χ2n) is 8.08. The minimum absolute atomic E-state index is 0.124. The fourth-order valence-electron chi connectivity index (χ4n) is 4.97. The third-order valence-corrected chi connectivity index (χ3v) is 6.43. The SMILES string of the molecule is COc1ccc(NC(=O)[C@@H]2[C@H]3C=C[C@@]4(CN(c5ccc6c(c5)OCO6)C(=O)[C@@H]24)O3)cc1. The molecule has 4 heterocycles. The van der Waals surface area contributed by atoms with Crippen LogP contribution in [0.1, 0.15) is 0 Å². The number of carbonyl (C=O) groups excluding carboxylic acids is 2. The Kier molecular flexibility index (Phi) is 3.82. The van der Waals surface area contributed by atoms with Crippen LogP contribution < -0.4 is 24.4 Å². The highest BCUT2D eigenvalue weighted by Gasteiger charge is 2.67. The number of rotatable bonds is 4. The summed E-state index contributed by atoms with van der Waals surface area (Å²) in [5.74, 6) is 0.433. The molecule has 31 heavy (non-hydrogen) atoms. The first kappa shape index (κ1) is 18.3. The summed E-state index contributed by atoms with van der Waals surface area (Å²) < 4.78 is 22.2. The van der Waals surface area contributed by atoms with Crippen LogP contribution in [0.15, 0.2) is 54.6 Å². The Balaban J connectivity index is 1.27. The molecular formula is C23H20N2O6. The molecule has 8 heteroatoms. The Hall–Kier alpha value is -3.52. The summed E-state index contributed by atoms with van der Waals surface area (Å²) in [6.07, 6.45) is 3.42. The van der Waals surface area contributed by atoms with Gasteiger partial charge in [-0.3, -0.25) is 9.59 Å². The largest absolute Gasteiger partial charge is 0.497 e. The van der Waals surface area contributed by atoms with Gasteiger partial charge in [0.05, 0.1) is 31.6 Å². The lowest BCUT2D eigenvalue weighted by molar-refractivity contribution is -0.128. The summed E-state index contributed by atoms with van der Waals surface area (Å²) in [4.78, 5) is 28.3. The van der Waals surface area contributed by atoms with Crippen molar-refractivity contribution in [2.45, 2.75) is 11.7 Å². The summed E-state index contributed by atoms with van der Waals surface area (Å²) in [7, 11) is 1.59. The van der Waals surface area contributed by atoms with Crippen molar-refractivity contribution in [1.82, 2.24) is 0 Å². The Bertz CT molecular complexity index is 1110.